The van der Waals surface area contributed by atoms with Gasteiger partial charge in [0.1, 0.15) is 17.7 Å². The van der Waals surface area contributed by atoms with Gasteiger partial charge in [0.05, 0.1) is 19.6 Å². The van der Waals surface area contributed by atoms with Crippen LogP contribution in [0, 0.1) is 31.5 Å². The average Bonchev–Trinajstić information content (AvgIpc) is 2.90. The highest BCUT2D eigenvalue weighted by Gasteiger charge is 2.40. The molecule has 4 N–H and O–H groups in total. The topological polar surface area (TPSA) is 119 Å². The molecule has 11 heteroatoms. The summed E-state index contributed by atoms with van der Waals surface area (Å²) in [6, 6.07) is 7.30. The maximum absolute atomic E-state index is 14.8. The summed E-state index contributed by atoms with van der Waals surface area (Å²) >= 11 is 0. The zero-order chi connectivity index (χ0) is 31.8. The van der Waals surface area contributed by atoms with Gasteiger partial charge in [-0.05, 0) is 61.6 Å². The van der Waals surface area contributed by atoms with Crippen LogP contribution in [0.4, 0.5) is 13.2 Å². The fourth-order valence-electron chi connectivity index (χ4n) is 4.22. The van der Waals surface area contributed by atoms with Gasteiger partial charge in [-0.3, -0.25) is 14.4 Å². The van der Waals surface area contributed by atoms with Gasteiger partial charge in [-0.15, -0.1) is 0 Å². The first-order chi connectivity index (χ1) is 19.5. The second-order valence-electron chi connectivity index (χ2n) is 11.5. The first-order valence-electron chi connectivity index (χ1n) is 13.9. The van der Waals surface area contributed by atoms with Crippen LogP contribution >= 0.6 is 0 Å². The molecule has 0 spiro atoms. The van der Waals surface area contributed by atoms with Crippen molar-refractivity contribution in [1.82, 2.24) is 15.5 Å². The Hall–Kier alpha value is -3.44. The lowest BCUT2D eigenvalue weighted by molar-refractivity contribution is -0.152. The van der Waals surface area contributed by atoms with Crippen molar-refractivity contribution in [2.75, 3.05) is 26.2 Å². The van der Waals surface area contributed by atoms with Gasteiger partial charge in [0, 0.05) is 29.6 Å². The lowest BCUT2D eigenvalue weighted by Gasteiger charge is -2.33. The van der Waals surface area contributed by atoms with Crippen molar-refractivity contribution in [2.45, 2.75) is 66.0 Å². The second-order valence-corrected chi connectivity index (χ2v) is 11.5. The second kappa shape index (κ2) is 15.2. The third kappa shape index (κ3) is 10.1. The minimum absolute atomic E-state index is 0.0673. The number of nitrogens with zero attached hydrogens (tertiary/aromatic N) is 1. The summed E-state index contributed by atoms with van der Waals surface area (Å²) in [5.74, 6) is -7.32. The highest BCUT2D eigenvalue weighted by Crippen LogP contribution is 2.26. The van der Waals surface area contributed by atoms with Crippen molar-refractivity contribution in [3.05, 3.63) is 64.5 Å². The molecule has 0 bridgehead atoms. The van der Waals surface area contributed by atoms with Gasteiger partial charge in [0.15, 0.2) is 5.78 Å². The maximum atomic E-state index is 14.8. The number of aliphatic hydroxyl groups is 1. The number of Topliss-reactive ketones (excluding diaryl/α,β-unsaturated/α-hetero) is 1. The molecular formula is C31H42F3N3O5. The van der Waals surface area contributed by atoms with E-state index >= 15 is 0 Å². The molecule has 42 heavy (non-hydrogen) atoms. The van der Waals surface area contributed by atoms with E-state index in [4.69, 9.17) is 0 Å². The Balaban J connectivity index is 2.37. The summed E-state index contributed by atoms with van der Waals surface area (Å²) in [6.07, 6.45) is -2.10. The average molecular weight is 594 g/mol. The number of benzene rings is 2. The molecule has 8 nitrogen and oxygen atoms in total. The third-order valence-corrected chi connectivity index (χ3v) is 6.93. The number of carbonyl (C=O) groups excluding carboxylic acids is 3. The van der Waals surface area contributed by atoms with Gasteiger partial charge in [-0.2, -0.15) is 0 Å². The van der Waals surface area contributed by atoms with Gasteiger partial charge < -0.3 is 25.7 Å². The highest BCUT2D eigenvalue weighted by molar-refractivity contribution is 5.99. The number of alkyl halides is 2. The Morgan fingerprint density at radius 2 is 1.71 bits per heavy atom. The minimum Gasteiger partial charge on any atom is -0.508 e. The van der Waals surface area contributed by atoms with Crippen LogP contribution in [0.1, 0.15) is 54.7 Å². The molecule has 2 aromatic carbocycles. The largest absolute Gasteiger partial charge is 0.508 e. The lowest BCUT2D eigenvalue weighted by atomic mass is 9.97. The number of phenols is 1. The van der Waals surface area contributed by atoms with Gasteiger partial charge >= 0.3 is 0 Å². The lowest BCUT2D eigenvalue weighted by Crippen LogP contribution is -2.56. The summed E-state index contributed by atoms with van der Waals surface area (Å²) in [5, 5.41) is 26.7. The SMILES string of the molecule is Cc1cc(O)c(C)c(C(=O)CN[C@@H](Cc2cccc(F)c2)[C@H](O)C(=O)N(CC(=O)NCC(C)C)CC(F)(F)C(C)C)c1. The number of phenolic OH excluding ortho intramolecular Hbond substituents is 1. The quantitative estimate of drug-likeness (QED) is 0.234. The van der Waals surface area contributed by atoms with E-state index in [9.17, 15) is 37.8 Å². The molecule has 0 saturated carbocycles. The predicted octanol–water partition coefficient (Wildman–Crippen LogP) is 3.78. The van der Waals surface area contributed by atoms with Crippen LogP contribution in [0.2, 0.25) is 0 Å². The standard InChI is InChI=1S/C31H42F3N3O5/c1-18(2)14-36-28(40)16-37(17-31(33,34)19(3)4)30(42)29(41)25(13-22-8-7-9-23(32)12-22)35-15-27(39)24-10-20(5)11-26(38)21(24)6/h7-12,18-19,25,29,35,38,41H,13-17H2,1-6H3,(H,36,40)/t25-,29-/m0/s1. The molecule has 0 aliphatic heterocycles. The highest BCUT2D eigenvalue weighted by atomic mass is 19.3. The molecule has 2 amide bonds. The van der Waals surface area contributed by atoms with Crippen molar-refractivity contribution < 1.29 is 37.8 Å². The number of rotatable bonds is 15. The van der Waals surface area contributed by atoms with E-state index < -0.39 is 60.5 Å². The molecule has 0 radical (unpaired) electrons. The van der Waals surface area contributed by atoms with Gasteiger partial charge in [0.25, 0.3) is 11.8 Å². The Kier molecular flexibility index (Phi) is 12.5. The first-order valence-corrected chi connectivity index (χ1v) is 13.9. The van der Waals surface area contributed by atoms with Crippen molar-refractivity contribution >= 4 is 17.6 Å². The van der Waals surface area contributed by atoms with Crippen molar-refractivity contribution in [1.29, 1.82) is 0 Å². The van der Waals surface area contributed by atoms with Crippen LogP contribution in [0.25, 0.3) is 0 Å². The van der Waals surface area contributed by atoms with Crippen molar-refractivity contribution in [2.24, 2.45) is 11.8 Å². The van der Waals surface area contributed by atoms with E-state index in [1.807, 2.05) is 13.8 Å². The number of amides is 2. The van der Waals surface area contributed by atoms with Crippen LogP contribution in [0.3, 0.4) is 0 Å². The third-order valence-electron chi connectivity index (χ3n) is 6.93. The molecule has 0 unspecified atom stereocenters. The Labute approximate surface area is 245 Å². The predicted molar refractivity (Wildman–Crippen MR) is 154 cm³/mol. The summed E-state index contributed by atoms with van der Waals surface area (Å²) in [7, 11) is 0. The Bertz CT molecular complexity index is 1250. The van der Waals surface area contributed by atoms with Crippen LogP contribution < -0.4 is 10.6 Å². The first kappa shape index (κ1) is 34.8. The number of nitrogens with one attached hydrogen (secondary N) is 2. The number of carbonyl (C=O) groups is 3. The number of aryl methyl sites for hydroxylation is 1. The summed E-state index contributed by atoms with van der Waals surface area (Å²) < 4.78 is 43.5. The molecule has 0 aromatic heterocycles. The monoisotopic (exact) mass is 593 g/mol. The summed E-state index contributed by atoms with van der Waals surface area (Å²) in [4.78, 5) is 39.7. The normalized spacial score (nSPS) is 13.2. The zero-order valence-corrected chi connectivity index (χ0v) is 25.0. The fraction of sp³-hybridized carbons (Fsp3) is 0.516. The maximum Gasteiger partial charge on any atom is 0.267 e. The number of aromatic hydroxyl groups is 1. The molecule has 0 aliphatic rings. The number of halogens is 3. The van der Waals surface area contributed by atoms with Gasteiger partial charge in [-0.25, -0.2) is 13.2 Å². The van der Waals surface area contributed by atoms with Crippen molar-refractivity contribution in [3.8, 4) is 5.75 Å². The Morgan fingerprint density at radius 1 is 1.05 bits per heavy atom. The van der Waals surface area contributed by atoms with E-state index in [2.05, 4.69) is 10.6 Å². The molecule has 0 saturated heterocycles. The van der Waals surface area contributed by atoms with Crippen LogP contribution in [0.15, 0.2) is 36.4 Å². The number of hydrogen-bond donors (Lipinski definition) is 4. The fourth-order valence-corrected chi connectivity index (χ4v) is 4.22. The summed E-state index contributed by atoms with van der Waals surface area (Å²) in [6.45, 7) is 7.61. The van der Waals surface area contributed by atoms with E-state index in [0.29, 0.717) is 21.6 Å². The van der Waals surface area contributed by atoms with Crippen LogP contribution in [0.5, 0.6) is 5.75 Å². The molecule has 232 valence electrons. The molecule has 0 fully saturated rings. The zero-order valence-electron chi connectivity index (χ0n) is 25.0. The molecule has 2 aromatic rings. The number of hydrogen-bond acceptors (Lipinski definition) is 6. The van der Waals surface area contributed by atoms with E-state index in [1.165, 1.54) is 38.1 Å². The van der Waals surface area contributed by atoms with Crippen LogP contribution in [-0.2, 0) is 16.0 Å². The molecule has 2 rings (SSSR count). The minimum atomic E-state index is -3.36. The van der Waals surface area contributed by atoms with Gasteiger partial charge in [-0.1, -0.05) is 39.8 Å². The molecule has 2 atom stereocenters. The Morgan fingerprint density at radius 3 is 2.31 bits per heavy atom. The molecule has 0 aliphatic carbocycles. The van der Waals surface area contributed by atoms with Crippen LogP contribution in [-0.4, -0.2) is 77.0 Å². The van der Waals surface area contributed by atoms with E-state index in [1.54, 1.807) is 26.0 Å². The molecular weight excluding hydrogens is 551 g/mol. The molecule has 0 heterocycles. The van der Waals surface area contributed by atoms with E-state index in [0.717, 1.165) is 0 Å². The van der Waals surface area contributed by atoms with E-state index in [-0.39, 0.29) is 36.7 Å². The summed E-state index contributed by atoms with van der Waals surface area (Å²) in [5.41, 5.74) is 1.60. The van der Waals surface area contributed by atoms with Crippen molar-refractivity contribution in [3.63, 3.8) is 0 Å². The van der Waals surface area contributed by atoms with Gasteiger partial charge in [0.2, 0.25) is 5.91 Å². The smallest absolute Gasteiger partial charge is 0.267 e. The number of ketones is 1. The number of aliphatic hydroxyl groups excluding tert-OH is 1.